The van der Waals surface area contributed by atoms with Crippen molar-refractivity contribution in [3.8, 4) is 0 Å². The van der Waals surface area contributed by atoms with Crippen molar-refractivity contribution >= 4 is 20.6 Å². The maximum atomic E-state index is 12.3. The van der Waals surface area contributed by atoms with Crippen LogP contribution in [0.15, 0.2) is 24.3 Å². The molecule has 0 aromatic heterocycles. The molecule has 0 aliphatic rings. The lowest BCUT2D eigenvalue weighted by Crippen LogP contribution is -2.46. The van der Waals surface area contributed by atoms with Gasteiger partial charge in [-0.15, -0.1) is 0 Å². The Hall–Kier alpha value is -1.74. The fraction of sp³-hybridized carbons (Fsp3) is 0.529. The number of rotatable bonds is 12. The first-order valence-corrected chi connectivity index (χ1v) is 10.5. The largest absolute Gasteiger partial charge is 0.500 e. The van der Waals surface area contributed by atoms with Gasteiger partial charge in [-0.1, -0.05) is 12.1 Å². The van der Waals surface area contributed by atoms with E-state index in [9.17, 15) is 9.59 Å². The Bertz CT molecular complexity index is 551. The third-order valence-corrected chi connectivity index (χ3v) is 6.63. The smallest absolute Gasteiger partial charge is 0.374 e. The van der Waals surface area contributed by atoms with Gasteiger partial charge >= 0.3 is 8.80 Å². The van der Waals surface area contributed by atoms with E-state index in [1.807, 2.05) is 20.8 Å². The standard InChI is InChI=1S/C17H28N2O5Si/c1-4-22-25(23-5-2,24-6-3)13-9-12-19-17(21)15-11-8-7-10-14(15)16(18)20/h7-8,10-11H,4-6,9,12-13H2,1-3H3,(H2,18,20)(H,19,21). The molecule has 0 saturated heterocycles. The Kier molecular flexibility index (Phi) is 9.36. The molecular weight excluding hydrogens is 340 g/mol. The maximum absolute atomic E-state index is 12.3. The zero-order chi connectivity index (χ0) is 18.7. The number of amides is 2. The summed E-state index contributed by atoms with van der Waals surface area (Å²) in [6.45, 7) is 7.70. The van der Waals surface area contributed by atoms with Gasteiger partial charge in [-0.05, 0) is 39.3 Å². The van der Waals surface area contributed by atoms with Gasteiger partial charge < -0.3 is 24.3 Å². The van der Waals surface area contributed by atoms with Crippen LogP contribution in [0.2, 0.25) is 6.04 Å². The molecule has 0 unspecified atom stereocenters. The first-order valence-electron chi connectivity index (χ1n) is 8.58. The number of benzene rings is 1. The fourth-order valence-electron chi connectivity index (χ4n) is 2.50. The van der Waals surface area contributed by atoms with Crippen molar-refractivity contribution in [2.24, 2.45) is 5.73 Å². The lowest BCUT2D eigenvalue weighted by molar-refractivity contribution is 0.0704. The van der Waals surface area contributed by atoms with Crippen LogP contribution in [-0.2, 0) is 13.3 Å². The van der Waals surface area contributed by atoms with Crippen molar-refractivity contribution in [3.63, 3.8) is 0 Å². The second-order valence-corrected chi connectivity index (χ2v) is 7.98. The summed E-state index contributed by atoms with van der Waals surface area (Å²) in [5.74, 6) is -0.952. The van der Waals surface area contributed by atoms with Crippen molar-refractivity contribution in [1.82, 2.24) is 5.32 Å². The Morgan fingerprint density at radius 2 is 1.52 bits per heavy atom. The molecule has 1 aromatic rings. The van der Waals surface area contributed by atoms with Gasteiger partial charge in [0, 0.05) is 32.4 Å². The van der Waals surface area contributed by atoms with E-state index in [-0.39, 0.29) is 17.0 Å². The summed E-state index contributed by atoms with van der Waals surface area (Å²) < 4.78 is 17.3. The van der Waals surface area contributed by atoms with Gasteiger partial charge in [0.15, 0.2) is 0 Å². The first-order chi connectivity index (χ1) is 12.0. The minimum atomic E-state index is -2.70. The number of carbonyl (C=O) groups is 2. The number of nitrogens with one attached hydrogen (secondary N) is 1. The second-order valence-electron chi connectivity index (χ2n) is 5.25. The third-order valence-electron chi connectivity index (χ3n) is 3.48. The molecule has 7 nitrogen and oxygen atoms in total. The Morgan fingerprint density at radius 3 is 2.00 bits per heavy atom. The van der Waals surface area contributed by atoms with E-state index >= 15 is 0 Å². The summed E-state index contributed by atoms with van der Waals surface area (Å²) in [6, 6.07) is 7.09. The molecule has 0 aliphatic carbocycles. The zero-order valence-corrected chi connectivity index (χ0v) is 16.2. The highest BCUT2D eigenvalue weighted by Crippen LogP contribution is 2.18. The van der Waals surface area contributed by atoms with Gasteiger partial charge in [-0.2, -0.15) is 0 Å². The molecule has 2 amide bonds. The van der Waals surface area contributed by atoms with Crippen LogP contribution in [0.5, 0.6) is 0 Å². The summed E-state index contributed by atoms with van der Waals surface area (Å²) in [6.07, 6.45) is 0.650. The van der Waals surface area contributed by atoms with Crippen LogP contribution < -0.4 is 11.1 Å². The average Bonchev–Trinajstić information content (AvgIpc) is 2.59. The summed E-state index contributed by atoms with van der Waals surface area (Å²) in [4.78, 5) is 23.7. The lowest BCUT2D eigenvalue weighted by Gasteiger charge is -2.28. The molecule has 140 valence electrons. The van der Waals surface area contributed by atoms with E-state index in [4.69, 9.17) is 19.0 Å². The van der Waals surface area contributed by atoms with Crippen molar-refractivity contribution in [2.75, 3.05) is 26.4 Å². The summed E-state index contributed by atoms with van der Waals surface area (Å²) in [5, 5.41) is 2.80. The number of hydrogen-bond acceptors (Lipinski definition) is 5. The molecule has 0 fully saturated rings. The van der Waals surface area contributed by atoms with E-state index in [2.05, 4.69) is 5.32 Å². The van der Waals surface area contributed by atoms with Gasteiger partial charge in [-0.3, -0.25) is 9.59 Å². The van der Waals surface area contributed by atoms with E-state index in [1.165, 1.54) is 6.07 Å². The van der Waals surface area contributed by atoms with Crippen LogP contribution in [0.25, 0.3) is 0 Å². The van der Waals surface area contributed by atoms with Gasteiger partial charge in [-0.25, -0.2) is 0 Å². The normalized spacial score (nSPS) is 11.3. The van der Waals surface area contributed by atoms with E-state index < -0.39 is 14.7 Å². The number of primary amides is 1. The van der Waals surface area contributed by atoms with E-state index in [0.717, 1.165) is 0 Å². The van der Waals surface area contributed by atoms with E-state index in [0.29, 0.717) is 38.8 Å². The molecule has 3 N–H and O–H groups in total. The van der Waals surface area contributed by atoms with Crippen LogP contribution in [0.4, 0.5) is 0 Å². The quantitative estimate of drug-likeness (QED) is 0.434. The molecule has 0 bridgehead atoms. The monoisotopic (exact) mass is 368 g/mol. The average molecular weight is 369 g/mol. The number of nitrogens with two attached hydrogens (primary N) is 1. The van der Waals surface area contributed by atoms with Gasteiger partial charge in [0.25, 0.3) is 5.91 Å². The molecule has 1 aromatic carbocycles. The van der Waals surface area contributed by atoms with Gasteiger partial charge in [0.05, 0.1) is 11.1 Å². The zero-order valence-electron chi connectivity index (χ0n) is 15.2. The third kappa shape index (κ3) is 6.58. The number of hydrogen-bond donors (Lipinski definition) is 2. The van der Waals surface area contributed by atoms with Crippen molar-refractivity contribution in [1.29, 1.82) is 0 Å². The molecule has 0 saturated carbocycles. The van der Waals surface area contributed by atoms with E-state index in [1.54, 1.807) is 18.2 Å². The van der Waals surface area contributed by atoms with Crippen LogP contribution in [0.3, 0.4) is 0 Å². The van der Waals surface area contributed by atoms with Crippen LogP contribution in [0, 0.1) is 0 Å². The molecule has 0 radical (unpaired) electrons. The van der Waals surface area contributed by atoms with Crippen LogP contribution in [-0.4, -0.2) is 47.0 Å². The first kappa shape index (κ1) is 21.3. The molecule has 25 heavy (non-hydrogen) atoms. The van der Waals surface area contributed by atoms with Crippen molar-refractivity contribution < 1.29 is 22.9 Å². The minimum Gasteiger partial charge on any atom is -0.374 e. The maximum Gasteiger partial charge on any atom is 0.500 e. The lowest BCUT2D eigenvalue weighted by atomic mass is 10.1. The molecule has 0 atom stereocenters. The highest BCUT2D eigenvalue weighted by atomic mass is 28.4. The van der Waals surface area contributed by atoms with Gasteiger partial charge in [0.1, 0.15) is 0 Å². The predicted octanol–water partition coefficient (Wildman–Crippen LogP) is 1.95. The van der Waals surface area contributed by atoms with Crippen molar-refractivity contribution in [3.05, 3.63) is 35.4 Å². The Morgan fingerprint density at radius 1 is 1.00 bits per heavy atom. The molecule has 0 spiro atoms. The SMILES string of the molecule is CCO[Si](CCCNC(=O)c1ccccc1C(N)=O)(OCC)OCC. The topological polar surface area (TPSA) is 99.9 Å². The summed E-state index contributed by atoms with van der Waals surface area (Å²) in [7, 11) is -2.70. The summed E-state index contributed by atoms with van der Waals surface area (Å²) >= 11 is 0. The van der Waals surface area contributed by atoms with Crippen molar-refractivity contribution in [2.45, 2.75) is 33.2 Å². The highest BCUT2D eigenvalue weighted by molar-refractivity contribution is 6.60. The molecule has 0 heterocycles. The Balaban J connectivity index is 2.61. The molecule has 0 aliphatic heterocycles. The Labute approximate surface area is 150 Å². The molecular formula is C17H28N2O5Si. The second kappa shape index (κ2) is 11.0. The molecule has 1 rings (SSSR count). The highest BCUT2D eigenvalue weighted by Gasteiger charge is 2.39. The van der Waals surface area contributed by atoms with Crippen LogP contribution in [0.1, 0.15) is 47.9 Å². The predicted molar refractivity (Wildman–Crippen MR) is 97.3 cm³/mol. The van der Waals surface area contributed by atoms with Gasteiger partial charge in [0.2, 0.25) is 5.91 Å². The van der Waals surface area contributed by atoms with Crippen LogP contribution >= 0.6 is 0 Å². The molecule has 8 heteroatoms. The fourth-order valence-corrected chi connectivity index (χ4v) is 5.11. The number of carbonyl (C=O) groups excluding carboxylic acids is 2. The summed E-state index contributed by atoms with van der Waals surface area (Å²) in [5.41, 5.74) is 5.79. The minimum absolute atomic E-state index is 0.210.